The fourth-order valence-electron chi connectivity index (χ4n) is 2.33. The first-order chi connectivity index (χ1) is 10.2. The number of rotatable bonds is 9. The van der Waals surface area contributed by atoms with Crippen molar-refractivity contribution in [2.45, 2.75) is 39.7 Å². The molecule has 0 N–H and O–H groups in total. The molecule has 4 nitrogen and oxygen atoms in total. The number of unbranched alkanes of at least 4 members (excludes halogenated alkanes) is 1. The average Bonchev–Trinajstić information content (AvgIpc) is 2.52. The van der Waals surface area contributed by atoms with Crippen molar-refractivity contribution in [3.63, 3.8) is 0 Å². The van der Waals surface area contributed by atoms with Crippen LogP contribution < -0.4 is 9.47 Å². The Morgan fingerprint density at radius 3 is 2.52 bits per heavy atom. The summed E-state index contributed by atoms with van der Waals surface area (Å²) in [6, 6.07) is 7.92. The maximum atomic E-state index is 9.55. The van der Waals surface area contributed by atoms with Crippen LogP contribution in [0.3, 0.4) is 0 Å². The predicted octanol–water partition coefficient (Wildman–Crippen LogP) is 3.78. The summed E-state index contributed by atoms with van der Waals surface area (Å²) < 4.78 is 10.9. The summed E-state index contributed by atoms with van der Waals surface area (Å²) in [5.41, 5.74) is 0.954. The van der Waals surface area contributed by atoms with Crippen molar-refractivity contribution in [3.05, 3.63) is 23.8 Å². The van der Waals surface area contributed by atoms with Gasteiger partial charge in [0.1, 0.15) is 6.04 Å². The van der Waals surface area contributed by atoms with Gasteiger partial charge in [0.25, 0.3) is 0 Å². The van der Waals surface area contributed by atoms with Crippen molar-refractivity contribution in [2.24, 2.45) is 0 Å². The summed E-state index contributed by atoms with van der Waals surface area (Å²) in [7, 11) is 1.62. The minimum atomic E-state index is -0.244. The minimum absolute atomic E-state index is 0.244. The molecule has 116 valence electrons. The van der Waals surface area contributed by atoms with Crippen LogP contribution in [0.25, 0.3) is 0 Å². The van der Waals surface area contributed by atoms with Crippen LogP contribution in [0.4, 0.5) is 0 Å². The SMILES string of the molecule is CCCCN(CC)C(C#N)c1ccc(OCC)c(OC)c1. The molecular weight excluding hydrogens is 264 g/mol. The Morgan fingerprint density at radius 1 is 1.24 bits per heavy atom. The van der Waals surface area contributed by atoms with Crippen LogP contribution in [0.5, 0.6) is 11.5 Å². The summed E-state index contributed by atoms with van der Waals surface area (Å²) in [5.74, 6) is 1.40. The molecule has 0 heterocycles. The summed E-state index contributed by atoms with van der Waals surface area (Å²) >= 11 is 0. The molecule has 0 bridgehead atoms. The predicted molar refractivity (Wildman–Crippen MR) is 84.7 cm³/mol. The smallest absolute Gasteiger partial charge is 0.161 e. The lowest BCUT2D eigenvalue weighted by Gasteiger charge is -2.26. The van der Waals surface area contributed by atoms with Crippen LogP contribution >= 0.6 is 0 Å². The van der Waals surface area contributed by atoms with Gasteiger partial charge in [0.15, 0.2) is 11.5 Å². The Labute approximate surface area is 128 Å². The molecule has 0 saturated carbocycles. The Balaban J connectivity index is 3.02. The molecule has 0 amide bonds. The first-order valence-corrected chi connectivity index (χ1v) is 7.66. The van der Waals surface area contributed by atoms with Gasteiger partial charge in [-0.2, -0.15) is 5.26 Å². The molecule has 0 spiro atoms. The topological polar surface area (TPSA) is 45.5 Å². The Morgan fingerprint density at radius 2 is 2.00 bits per heavy atom. The monoisotopic (exact) mass is 290 g/mol. The molecule has 0 saturated heterocycles. The largest absolute Gasteiger partial charge is 0.493 e. The number of ether oxygens (including phenoxy) is 2. The minimum Gasteiger partial charge on any atom is -0.493 e. The lowest BCUT2D eigenvalue weighted by molar-refractivity contribution is 0.243. The molecule has 1 rings (SSSR count). The first kappa shape index (κ1) is 17.3. The van der Waals surface area contributed by atoms with E-state index in [0.29, 0.717) is 12.4 Å². The van der Waals surface area contributed by atoms with Gasteiger partial charge in [-0.3, -0.25) is 4.90 Å². The highest BCUT2D eigenvalue weighted by Crippen LogP contribution is 2.32. The van der Waals surface area contributed by atoms with Crippen LogP contribution in [0.1, 0.15) is 45.2 Å². The van der Waals surface area contributed by atoms with Crippen molar-refractivity contribution in [1.82, 2.24) is 4.90 Å². The van der Waals surface area contributed by atoms with Gasteiger partial charge < -0.3 is 9.47 Å². The molecule has 1 aromatic rings. The van der Waals surface area contributed by atoms with Gasteiger partial charge in [-0.15, -0.1) is 0 Å². The second-order valence-corrected chi connectivity index (χ2v) is 4.86. The van der Waals surface area contributed by atoms with Gasteiger partial charge in [-0.1, -0.05) is 26.3 Å². The molecule has 4 heteroatoms. The van der Waals surface area contributed by atoms with Crippen molar-refractivity contribution < 1.29 is 9.47 Å². The standard InChI is InChI=1S/C17H26N2O2/c1-5-8-11-19(6-2)15(13-18)14-9-10-16(21-7-3)17(12-14)20-4/h9-10,12,15H,5-8,11H2,1-4H3. The molecule has 1 unspecified atom stereocenters. The highest BCUT2D eigenvalue weighted by Gasteiger charge is 2.20. The second kappa shape index (κ2) is 9.25. The number of hydrogen-bond acceptors (Lipinski definition) is 4. The van der Waals surface area contributed by atoms with Gasteiger partial charge in [0.05, 0.1) is 19.8 Å². The number of benzene rings is 1. The average molecular weight is 290 g/mol. The van der Waals surface area contributed by atoms with E-state index < -0.39 is 0 Å². The van der Waals surface area contributed by atoms with Crippen molar-refractivity contribution >= 4 is 0 Å². The molecular formula is C17H26N2O2. The fraction of sp³-hybridized carbons (Fsp3) is 0.588. The lowest BCUT2D eigenvalue weighted by Crippen LogP contribution is -2.28. The van der Waals surface area contributed by atoms with Crippen molar-refractivity contribution in [1.29, 1.82) is 5.26 Å². The molecule has 0 radical (unpaired) electrons. The Hall–Kier alpha value is -1.73. The normalized spacial score (nSPS) is 12.0. The third kappa shape index (κ3) is 4.64. The summed E-state index contributed by atoms with van der Waals surface area (Å²) in [4.78, 5) is 2.19. The third-order valence-corrected chi connectivity index (χ3v) is 3.50. The van der Waals surface area contributed by atoms with E-state index in [-0.39, 0.29) is 6.04 Å². The van der Waals surface area contributed by atoms with Crippen LogP contribution in [0, 0.1) is 11.3 Å². The van der Waals surface area contributed by atoms with Crippen LogP contribution in [0.15, 0.2) is 18.2 Å². The molecule has 1 atom stereocenters. The summed E-state index contributed by atoms with van der Waals surface area (Å²) in [5, 5.41) is 9.55. The van der Waals surface area contributed by atoms with E-state index in [2.05, 4.69) is 24.8 Å². The van der Waals surface area contributed by atoms with Crippen LogP contribution in [-0.2, 0) is 0 Å². The van der Waals surface area contributed by atoms with Crippen molar-refractivity contribution in [2.75, 3.05) is 26.8 Å². The van der Waals surface area contributed by atoms with E-state index in [1.165, 1.54) is 0 Å². The third-order valence-electron chi connectivity index (χ3n) is 3.50. The van der Waals surface area contributed by atoms with E-state index in [9.17, 15) is 5.26 Å². The molecule has 0 aromatic heterocycles. The number of hydrogen-bond donors (Lipinski definition) is 0. The number of nitrogens with zero attached hydrogens (tertiary/aromatic N) is 2. The van der Waals surface area contributed by atoms with E-state index in [4.69, 9.17) is 9.47 Å². The van der Waals surface area contributed by atoms with Gasteiger partial charge in [-0.25, -0.2) is 0 Å². The molecule has 21 heavy (non-hydrogen) atoms. The van der Waals surface area contributed by atoms with Gasteiger partial charge >= 0.3 is 0 Å². The zero-order valence-electron chi connectivity index (χ0n) is 13.6. The number of nitriles is 1. The molecule has 0 aliphatic heterocycles. The molecule has 0 fully saturated rings. The van der Waals surface area contributed by atoms with E-state index in [0.717, 1.165) is 37.2 Å². The lowest BCUT2D eigenvalue weighted by atomic mass is 10.1. The molecule has 0 aliphatic carbocycles. The van der Waals surface area contributed by atoms with Gasteiger partial charge in [0, 0.05) is 0 Å². The molecule has 1 aromatic carbocycles. The van der Waals surface area contributed by atoms with E-state index in [1.807, 2.05) is 25.1 Å². The zero-order valence-corrected chi connectivity index (χ0v) is 13.6. The molecule has 0 aliphatic rings. The second-order valence-electron chi connectivity index (χ2n) is 4.86. The summed E-state index contributed by atoms with van der Waals surface area (Å²) in [6.07, 6.45) is 2.22. The Kier molecular flexibility index (Phi) is 7.63. The Bertz CT molecular complexity index is 468. The van der Waals surface area contributed by atoms with Gasteiger partial charge in [0.2, 0.25) is 0 Å². The maximum absolute atomic E-state index is 9.55. The highest BCUT2D eigenvalue weighted by molar-refractivity contribution is 5.44. The van der Waals surface area contributed by atoms with E-state index >= 15 is 0 Å². The van der Waals surface area contributed by atoms with Crippen LogP contribution in [-0.4, -0.2) is 31.7 Å². The number of methoxy groups -OCH3 is 1. The summed E-state index contributed by atoms with van der Waals surface area (Å²) in [6.45, 7) is 8.57. The van der Waals surface area contributed by atoms with Crippen molar-refractivity contribution in [3.8, 4) is 17.6 Å². The fourth-order valence-corrected chi connectivity index (χ4v) is 2.33. The van der Waals surface area contributed by atoms with E-state index in [1.54, 1.807) is 7.11 Å². The van der Waals surface area contributed by atoms with Gasteiger partial charge in [-0.05, 0) is 44.1 Å². The zero-order chi connectivity index (χ0) is 15.7. The first-order valence-electron chi connectivity index (χ1n) is 7.66. The van der Waals surface area contributed by atoms with Crippen LogP contribution in [0.2, 0.25) is 0 Å². The highest BCUT2D eigenvalue weighted by atomic mass is 16.5. The maximum Gasteiger partial charge on any atom is 0.161 e. The quantitative estimate of drug-likeness (QED) is 0.694.